The number of rotatable bonds is 27. The van der Waals surface area contributed by atoms with Crippen LogP contribution in [0.2, 0.25) is 5.02 Å². The maximum atomic E-state index is 14.9. The molecule has 378 valence electrons. The maximum absolute atomic E-state index is 14.9. The number of hydrogen-bond acceptors (Lipinski definition) is 13. The minimum Gasteiger partial charge on any atom is -0.378 e. The second-order valence-electron chi connectivity index (χ2n) is 16.7. The summed E-state index contributed by atoms with van der Waals surface area (Å²) >= 11 is 6.34. The van der Waals surface area contributed by atoms with Crippen molar-refractivity contribution < 1.29 is 47.0 Å². The lowest BCUT2D eigenvalue weighted by atomic mass is 9.95. The van der Waals surface area contributed by atoms with Crippen LogP contribution in [-0.4, -0.2) is 123 Å². The fraction of sp³-hybridized carbons (Fsp3) is 0.346. The van der Waals surface area contributed by atoms with Crippen LogP contribution >= 0.6 is 11.6 Å². The molecule has 2 aliphatic heterocycles. The van der Waals surface area contributed by atoms with Gasteiger partial charge in [0.2, 0.25) is 17.8 Å². The number of aliphatic imine (C=N–C) groups is 1. The number of aromatic nitrogens is 2. The zero-order chi connectivity index (χ0) is 50.8. The summed E-state index contributed by atoms with van der Waals surface area (Å²) in [7, 11) is 1.49. The van der Waals surface area contributed by atoms with Crippen molar-refractivity contribution in [3.63, 3.8) is 0 Å². The van der Waals surface area contributed by atoms with Crippen LogP contribution in [0.1, 0.15) is 75.1 Å². The van der Waals surface area contributed by atoms with Gasteiger partial charge in [-0.1, -0.05) is 29.8 Å². The molecule has 4 amide bonds. The molecule has 20 heteroatoms. The number of nitrogens with one attached hydrogen (secondary N) is 5. The van der Waals surface area contributed by atoms with Gasteiger partial charge >= 0.3 is 0 Å². The normalized spacial score (nSPS) is 13.0. The predicted octanol–water partition coefficient (Wildman–Crippen LogP) is 6.40. The van der Waals surface area contributed by atoms with E-state index in [1.807, 2.05) is 0 Å². The van der Waals surface area contributed by atoms with E-state index >= 15 is 0 Å². The van der Waals surface area contributed by atoms with Gasteiger partial charge in [0.25, 0.3) is 11.8 Å². The predicted molar refractivity (Wildman–Crippen MR) is 268 cm³/mol. The van der Waals surface area contributed by atoms with Gasteiger partial charge in [-0.2, -0.15) is 0 Å². The molecule has 3 heterocycles. The molecule has 7 rings (SSSR count). The molecule has 0 saturated heterocycles. The number of anilines is 3. The quantitative estimate of drug-likeness (QED) is 0.0286. The monoisotopic (exact) mass is 1010 g/mol. The second-order valence-corrected chi connectivity index (χ2v) is 17.1. The third kappa shape index (κ3) is 13.9. The van der Waals surface area contributed by atoms with E-state index in [2.05, 4.69) is 36.6 Å². The summed E-state index contributed by atoms with van der Waals surface area (Å²) < 4.78 is 46.6. The molecule has 5 aromatic rings. The van der Waals surface area contributed by atoms with E-state index in [9.17, 15) is 32.8 Å². The van der Waals surface area contributed by atoms with Gasteiger partial charge in [-0.25, -0.2) is 18.7 Å². The third-order valence-corrected chi connectivity index (χ3v) is 12.1. The molecule has 2 aliphatic rings. The second kappa shape index (κ2) is 26.4. The van der Waals surface area contributed by atoms with E-state index in [1.165, 1.54) is 30.1 Å². The first-order valence-electron chi connectivity index (χ1n) is 23.7. The molecule has 1 atom stereocenters. The summed E-state index contributed by atoms with van der Waals surface area (Å²) in [5.74, 6) is -2.29. The van der Waals surface area contributed by atoms with Crippen molar-refractivity contribution in [2.75, 3.05) is 77.0 Å². The number of nitrogens with zero attached hydrogens (tertiary/aromatic N) is 4. The van der Waals surface area contributed by atoms with Crippen LogP contribution in [0.15, 0.2) is 90.1 Å². The van der Waals surface area contributed by atoms with Crippen LogP contribution in [0.25, 0.3) is 11.3 Å². The Bertz CT molecular complexity index is 2740. The third-order valence-electron chi connectivity index (χ3n) is 11.8. The molecule has 0 spiro atoms. The molecule has 0 radical (unpaired) electrons. The Morgan fingerprint density at radius 2 is 1.57 bits per heavy atom. The highest BCUT2D eigenvalue weighted by molar-refractivity contribution is 6.31. The fourth-order valence-electron chi connectivity index (χ4n) is 8.20. The number of aldehydes is 1. The van der Waals surface area contributed by atoms with Crippen LogP contribution in [0.5, 0.6) is 0 Å². The number of benzene rings is 4. The van der Waals surface area contributed by atoms with Gasteiger partial charge in [0.1, 0.15) is 24.0 Å². The molecule has 72 heavy (non-hydrogen) atoms. The van der Waals surface area contributed by atoms with Crippen LogP contribution < -0.4 is 26.6 Å². The minimum absolute atomic E-state index is 0.0890. The smallest absolute Gasteiger partial charge is 0.255 e. The van der Waals surface area contributed by atoms with Crippen molar-refractivity contribution in [1.82, 2.24) is 30.8 Å². The Morgan fingerprint density at radius 3 is 2.31 bits per heavy atom. The molecule has 17 nitrogen and oxygen atoms in total. The van der Waals surface area contributed by atoms with Gasteiger partial charge in [0.05, 0.1) is 63.2 Å². The largest absolute Gasteiger partial charge is 0.378 e. The van der Waals surface area contributed by atoms with Crippen molar-refractivity contribution in [2.24, 2.45) is 4.99 Å². The molecule has 1 aromatic heterocycles. The molecular weight excluding hydrogens is 952 g/mol. The SMILES string of the molecule is CNC(=O)C(CCC=O)N1Cc2c(NC(=O)CCCCNCCOCCOCCOCCNC(=O)c3ccc(Nc4ncc5c(n4)-c4ccc(Cl)cc4C(c4c(F)cccc4F)=NC5)cc3)cccc2C1=O. The van der Waals surface area contributed by atoms with E-state index in [0.29, 0.717) is 128 Å². The molecular formula is C52H56ClF2N9O8. The molecule has 0 saturated carbocycles. The van der Waals surface area contributed by atoms with Crippen LogP contribution in [-0.2, 0) is 41.7 Å². The van der Waals surface area contributed by atoms with Crippen LogP contribution in [0.4, 0.5) is 26.1 Å². The number of halogens is 3. The number of likely N-dealkylation sites (N-methyl/N-ethyl adjacent to an activating group) is 1. The van der Waals surface area contributed by atoms with Crippen molar-refractivity contribution >= 4 is 64.6 Å². The molecule has 1 unspecified atom stereocenters. The van der Waals surface area contributed by atoms with Crippen LogP contribution in [0, 0.1) is 11.6 Å². The highest BCUT2D eigenvalue weighted by Gasteiger charge is 2.37. The first kappa shape index (κ1) is 52.8. The van der Waals surface area contributed by atoms with E-state index in [0.717, 1.165) is 12.7 Å². The Labute approximate surface area is 420 Å². The Balaban J connectivity index is 0.709. The number of unbranched alkanes of at least 4 members (excludes halogenated alkanes) is 1. The zero-order valence-corrected chi connectivity index (χ0v) is 40.5. The van der Waals surface area contributed by atoms with Crippen molar-refractivity contribution in [2.45, 2.75) is 51.2 Å². The summed E-state index contributed by atoms with van der Waals surface area (Å²) in [6.45, 7) is 4.28. The first-order chi connectivity index (χ1) is 35.1. The molecule has 5 N–H and O–H groups in total. The molecule has 0 bridgehead atoms. The highest BCUT2D eigenvalue weighted by atomic mass is 35.5. The number of hydrogen-bond donors (Lipinski definition) is 5. The summed E-state index contributed by atoms with van der Waals surface area (Å²) in [6, 6.07) is 19.8. The summed E-state index contributed by atoms with van der Waals surface area (Å²) in [5, 5.41) is 15.2. The molecule has 0 aliphatic carbocycles. The van der Waals surface area contributed by atoms with Crippen molar-refractivity contribution in [3.8, 4) is 11.3 Å². The Kier molecular flexibility index (Phi) is 19.4. The highest BCUT2D eigenvalue weighted by Crippen LogP contribution is 2.35. The summed E-state index contributed by atoms with van der Waals surface area (Å²) in [6.07, 6.45) is 4.45. The topological polar surface area (TPSA) is 215 Å². The molecule has 0 fully saturated rings. The van der Waals surface area contributed by atoms with Gasteiger partial charge in [-0.05, 0) is 86.5 Å². The van der Waals surface area contributed by atoms with Gasteiger partial charge in [-0.3, -0.25) is 24.2 Å². The fourth-order valence-corrected chi connectivity index (χ4v) is 8.37. The Hall–Kier alpha value is -7.03. The lowest BCUT2D eigenvalue weighted by Gasteiger charge is -2.25. The zero-order valence-electron chi connectivity index (χ0n) is 39.7. The van der Waals surface area contributed by atoms with Gasteiger partial charge in [-0.15, -0.1) is 0 Å². The average molecular weight is 1010 g/mol. The number of fused-ring (bicyclic) bond motifs is 4. The lowest BCUT2D eigenvalue weighted by molar-refractivity contribution is -0.125. The summed E-state index contributed by atoms with van der Waals surface area (Å²) in [5.41, 5.74) is 4.83. The first-order valence-corrected chi connectivity index (χ1v) is 24.1. The number of amides is 4. The number of carbonyl (C=O) groups excluding carboxylic acids is 5. The van der Waals surface area contributed by atoms with E-state index in [4.69, 9.17) is 30.8 Å². The van der Waals surface area contributed by atoms with Crippen molar-refractivity contribution in [1.29, 1.82) is 0 Å². The van der Waals surface area contributed by atoms with Crippen LogP contribution in [0.3, 0.4) is 0 Å². The van der Waals surface area contributed by atoms with E-state index in [-0.39, 0.29) is 66.8 Å². The standard InChI is InChI=1S/C52H56ClF2N9O8/c1-56-50(68)44(11-6-22-65)64-32-40-38(51(64)69)7-4-10-43(40)62-45(66)12-2-3-19-57-20-23-70-25-27-72-28-26-71-24-21-58-49(67)33-13-16-36(17-14-33)61-52-60-31-34-30-59-48(46-41(54)8-5-9-42(46)55)39-29-35(53)15-18-37(39)47(34)63-52/h4-5,7-10,13-18,22,29,31,44,57H,2-3,6,11-12,19-21,23-28,30,32H2,1H3,(H,56,68)(H,58,67)(H,62,66)(H,60,61,63). The van der Waals surface area contributed by atoms with Crippen molar-refractivity contribution in [3.05, 3.63) is 135 Å². The van der Waals surface area contributed by atoms with Gasteiger partial charge < -0.3 is 50.5 Å². The van der Waals surface area contributed by atoms with Gasteiger partial charge in [0.15, 0.2) is 0 Å². The molecule has 4 aromatic carbocycles. The van der Waals surface area contributed by atoms with E-state index < -0.39 is 17.7 Å². The minimum atomic E-state index is -0.782. The average Bonchev–Trinajstić information content (AvgIpc) is 3.63. The number of carbonyl (C=O) groups is 5. The lowest BCUT2D eigenvalue weighted by Crippen LogP contribution is -2.46. The Morgan fingerprint density at radius 1 is 0.847 bits per heavy atom. The summed E-state index contributed by atoms with van der Waals surface area (Å²) in [4.78, 5) is 77.4. The van der Waals surface area contributed by atoms with Gasteiger partial charge in [0, 0.05) is 95.5 Å². The van der Waals surface area contributed by atoms with E-state index in [1.54, 1.807) is 66.9 Å². The maximum Gasteiger partial charge on any atom is 0.255 e. The number of ether oxygens (including phenoxy) is 3.